The van der Waals surface area contributed by atoms with Crippen LogP contribution in [0.15, 0.2) is 60.7 Å². The zero-order valence-corrected chi connectivity index (χ0v) is 13.9. The number of aliphatic hydroxyl groups excluding tert-OH is 1. The average molecular weight is 351 g/mol. The highest BCUT2D eigenvalue weighted by Gasteiger charge is 2.41. The first-order chi connectivity index (χ1) is 11.4. The van der Waals surface area contributed by atoms with Gasteiger partial charge in [-0.2, -0.15) is 8.42 Å². The predicted octanol–water partition coefficient (Wildman–Crippen LogP) is 2.52. The van der Waals surface area contributed by atoms with Crippen molar-refractivity contribution >= 4 is 16.1 Å². The van der Waals surface area contributed by atoms with Gasteiger partial charge in [-0.05, 0) is 30.5 Å². The fourth-order valence-electron chi connectivity index (χ4n) is 3.17. The maximum atomic E-state index is 10.1. The Balaban J connectivity index is 0.000000368. The summed E-state index contributed by atoms with van der Waals surface area (Å²) in [5.41, 5.74) is 2.14. The predicted molar refractivity (Wildman–Crippen MR) is 92.4 cm³/mol. The highest BCUT2D eigenvalue weighted by molar-refractivity contribution is 7.79. The summed E-state index contributed by atoms with van der Waals surface area (Å²) in [5.74, 6) is 0. The second-order valence-corrected chi connectivity index (χ2v) is 6.49. The Hall–Kier alpha value is -1.93. The van der Waals surface area contributed by atoms with Crippen LogP contribution in [0, 0.1) is 0 Å². The van der Waals surface area contributed by atoms with Gasteiger partial charge < -0.3 is 10.0 Å². The lowest BCUT2D eigenvalue weighted by Crippen LogP contribution is -2.44. The van der Waals surface area contributed by atoms with Crippen LogP contribution in [0.4, 0.5) is 5.69 Å². The van der Waals surface area contributed by atoms with E-state index in [1.54, 1.807) is 0 Å². The molecule has 0 spiro atoms. The van der Waals surface area contributed by atoms with Crippen LogP contribution in [0.2, 0.25) is 0 Å². The van der Waals surface area contributed by atoms with Gasteiger partial charge >= 0.3 is 10.4 Å². The number of benzene rings is 2. The molecule has 6 nitrogen and oxygen atoms in total. The number of aliphatic hydroxyl groups is 1. The molecule has 0 amide bonds. The molecule has 1 aliphatic rings. The maximum absolute atomic E-state index is 10.1. The topological polar surface area (TPSA) is 98.1 Å². The Morgan fingerprint density at radius 2 is 1.46 bits per heavy atom. The molecule has 2 aromatic carbocycles. The van der Waals surface area contributed by atoms with Gasteiger partial charge in [-0.3, -0.25) is 9.11 Å². The van der Waals surface area contributed by atoms with Gasteiger partial charge in [0.15, 0.2) is 0 Å². The molecule has 1 atom stereocenters. The van der Waals surface area contributed by atoms with Crippen molar-refractivity contribution in [3.63, 3.8) is 0 Å². The van der Waals surface area contributed by atoms with Crippen LogP contribution in [0.3, 0.4) is 0 Å². The van der Waals surface area contributed by atoms with E-state index in [1.807, 2.05) is 24.3 Å². The number of anilines is 1. The van der Waals surface area contributed by atoms with Gasteiger partial charge in [0.25, 0.3) is 0 Å². The van der Waals surface area contributed by atoms with Crippen molar-refractivity contribution < 1.29 is 22.6 Å². The van der Waals surface area contributed by atoms with Crippen LogP contribution < -0.4 is 4.90 Å². The van der Waals surface area contributed by atoms with E-state index in [9.17, 15) is 5.11 Å². The molecule has 3 rings (SSSR count). The number of rotatable bonds is 3. The number of hydrogen-bond acceptors (Lipinski definition) is 4. The van der Waals surface area contributed by atoms with Crippen LogP contribution in [0.1, 0.15) is 18.4 Å². The lowest BCUT2D eigenvalue weighted by atomic mass is 9.87. The summed E-state index contributed by atoms with van der Waals surface area (Å²) in [4.78, 5) is 2.35. The molecule has 0 saturated carbocycles. The maximum Gasteiger partial charge on any atom is 0.394 e. The van der Waals surface area contributed by atoms with E-state index in [-0.39, 0.29) is 12.1 Å². The zero-order valence-electron chi connectivity index (χ0n) is 13.1. The Kier molecular flexibility index (Phi) is 5.95. The van der Waals surface area contributed by atoms with Crippen LogP contribution in [-0.2, 0) is 15.9 Å². The summed E-state index contributed by atoms with van der Waals surface area (Å²) < 4.78 is 31.6. The fraction of sp³-hybridized carbons (Fsp3) is 0.294. The van der Waals surface area contributed by atoms with Crippen LogP contribution >= 0.6 is 0 Å². The monoisotopic (exact) mass is 351 g/mol. The molecule has 1 aliphatic heterocycles. The molecule has 1 saturated heterocycles. The van der Waals surface area contributed by atoms with Crippen molar-refractivity contribution in [1.82, 2.24) is 0 Å². The third-order valence-electron chi connectivity index (χ3n) is 4.13. The third kappa shape index (κ3) is 4.55. The van der Waals surface area contributed by atoms with Crippen LogP contribution in [-0.4, -0.2) is 35.8 Å². The largest absolute Gasteiger partial charge is 0.394 e. The first-order valence-electron chi connectivity index (χ1n) is 7.56. The van der Waals surface area contributed by atoms with Crippen LogP contribution in [0.25, 0.3) is 0 Å². The quantitative estimate of drug-likeness (QED) is 0.735. The van der Waals surface area contributed by atoms with Crippen molar-refractivity contribution in [3.8, 4) is 0 Å². The summed E-state index contributed by atoms with van der Waals surface area (Å²) >= 11 is 0. The van der Waals surface area contributed by atoms with E-state index in [4.69, 9.17) is 17.5 Å². The molecular weight excluding hydrogens is 330 g/mol. The third-order valence-corrected chi connectivity index (χ3v) is 4.13. The summed E-state index contributed by atoms with van der Waals surface area (Å²) in [6.07, 6.45) is 2.12. The van der Waals surface area contributed by atoms with Gasteiger partial charge in [0.2, 0.25) is 0 Å². The van der Waals surface area contributed by atoms with Gasteiger partial charge in [-0.25, -0.2) is 0 Å². The minimum atomic E-state index is -4.67. The first-order valence-corrected chi connectivity index (χ1v) is 8.95. The molecule has 24 heavy (non-hydrogen) atoms. The standard InChI is InChI=1S/C17H19NO.H2O4S/c19-14-17(15-8-3-1-4-9-15)12-7-13-18(17)16-10-5-2-6-11-16;1-5(2,3)4/h1-6,8-11,19H,7,12-14H2;(H2,1,2,3,4)/t17-;/m1./s1. The summed E-state index contributed by atoms with van der Waals surface area (Å²) in [6.45, 7) is 1.16. The molecule has 0 aromatic heterocycles. The fourth-order valence-corrected chi connectivity index (χ4v) is 3.17. The highest BCUT2D eigenvalue weighted by atomic mass is 32.3. The molecule has 0 bridgehead atoms. The summed E-state index contributed by atoms with van der Waals surface area (Å²) in [5, 5.41) is 10.1. The minimum Gasteiger partial charge on any atom is -0.394 e. The lowest BCUT2D eigenvalue weighted by molar-refractivity contribution is 0.198. The van der Waals surface area contributed by atoms with E-state index in [2.05, 4.69) is 41.3 Å². The van der Waals surface area contributed by atoms with Gasteiger partial charge in [-0.15, -0.1) is 0 Å². The van der Waals surface area contributed by atoms with Crippen molar-refractivity contribution in [3.05, 3.63) is 66.2 Å². The van der Waals surface area contributed by atoms with E-state index in [0.29, 0.717) is 0 Å². The Bertz CT molecular complexity index is 728. The molecule has 0 unspecified atom stereocenters. The molecule has 0 aliphatic carbocycles. The molecule has 7 heteroatoms. The highest BCUT2D eigenvalue weighted by Crippen LogP contribution is 2.41. The van der Waals surface area contributed by atoms with Gasteiger partial charge in [0.1, 0.15) is 0 Å². The van der Waals surface area contributed by atoms with Crippen molar-refractivity contribution in [1.29, 1.82) is 0 Å². The van der Waals surface area contributed by atoms with Crippen molar-refractivity contribution in [2.75, 3.05) is 18.1 Å². The second-order valence-electron chi connectivity index (χ2n) is 5.59. The van der Waals surface area contributed by atoms with Crippen molar-refractivity contribution in [2.24, 2.45) is 0 Å². The van der Waals surface area contributed by atoms with Gasteiger partial charge in [-0.1, -0.05) is 48.5 Å². The molecule has 130 valence electrons. The van der Waals surface area contributed by atoms with Gasteiger partial charge in [0, 0.05) is 12.2 Å². The molecule has 0 radical (unpaired) electrons. The van der Waals surface area contributed by atoms with Gasteiger partial charge in [0.05, 0.1) is 12.1 Å². The normalized spacial score (nSPS) is 20.4. The molecule has 1 fully saturated rings. The van der Waals surface area contributed by atoms with E-state index >= 15 is 0 Å². The number of para-hydroxylation sites is 1. The van der Waals surface area contributed by atoms with E-state index < -0.39 is 10.4 Å². The van der Waals surface area contributed by atoms with Crippen molar-refractivity contribution in [2.45, 2.75) is 18.4 Å². The number of hydrogen-bond donors (Lipinski definition) is 3. The molecule has 1 heterocycles. The molecular formula is C17H21NO5S. The summed E-state index contributed by atoms with van der Waals surface area (Å²) in [6, 6.07) is 20.8. The smallest absolute Gasteiger partial charge is 0.394 e. The first kappa shape index (κ1) is 18.4. The Labute approximate surface area is 141 Å². The SMILES string of the molecule is O=S(=O)(O)O.OC[C@@]1(c2ccccc2)CCCN1c1ccccc1. The summed E-state index contributed by atoms with van der Waals surface area (Å²) in [7, 11) is -4.67. The van der Waals surface area contributed by atoms with E-state index in [1.165, 1.54) is 11.3 Å². The molecule has 3 N–H and O–H groups in total. The van der Waals surface area contributed by atoms with Crippen LogP contribution in [0.5, 0.6) is 0 Å². The zero-order chi connectivity index (χ0) is 17.6. The Morgan fingerprint density at radius 3 is 1.96 bits per heavy atom. The Morgan fingerprint density at radius 1 is 0.958 bits per heavy atom. The lowest BCUT2D eigenvalue weighted by Gasteiger charge is -2.39. The van der Waals surface area contributed by atoms with E-state index in [0.717, 1.165) is 19.4 Å². The number of nitrogens with zero attached hydrogens (tertiary/aromatic N) is 1. The minimum absolute atomic E-state index is 0.159. The molecule has 2 aromatic rings. The average Bonchev–Trinajstić information content (AvgIpc) is 3.00. The second kappa shape index (κ2) is 7.76.